The van der Waals surface area contributed by atoms with Gasteiger partial charge in [-0.1, -0.05) is 12.1 Å². The first kappa shape index (κ1) is 13.7. The second-order valence-electron chi connectivity index (χ2n) is 4.98. The van der Waals surface area contributed by atoms with Gasteiger partial charge in [0, 0.05) is 12.6 Å². The molecule has 0 saturated heterocycles. The lowest BCUT2D eigenvalue weighted by atomic mass is 10.1. The standard InChI is InChI=1S/C15H22N2O2/c1-19-14-9-5-12(6-10-14)4-2-3-11-16-15(18)17-13-7-8-13/h5-6,9-10,13H,2-4,7-8,11H2,1H3,(H2,16,17,18). The molecule has 1 aromatic rings. The van der Waals surface area contributed by atoms with E-state index in [9.17, 15) is 4.79 Å². The zero-order chi connectivity index (χ0) is 13.5. The van der Waals surface area contributed by atoms with E-state index in [0.717, 1.165) is 44.4 Å². The van der Waals surface area contributed by atoms with Gasteiger partial charge in [0.05, 0.1) is 7.11 Å². The molecule has 0 spiro atoms. The normalized spacial score (nSPS) is 13.9. The zero-order valence-corrected chi connectivity index (χ0v) is 11.4. The summed E-state index contributed by atoms with van der Waals surface area (Å²) in [5, 5.41) is 5.80. The zero-order valence-electron chi connectivity index (χ0n) is 11.4. The van der Waals surface area contributed by atoms with Crippen molar-refractivity contribution in [3.63, 3.8) is 0 Å². The van der Waals surface area contributed by atoms with Crippen LogP contribution in [0.15, 0.2) is 24.3 Å². The van der Waals surface area contributed by atoms with E-state index in [1.165, 1.54) is 5.56 Å². The number of unbranched alkanes of at least 4 members (excludes halogenated alkanes) is 1. The quantitative estimate of drug-likeness (QED) is 0.742. The van der Waals surface area contributed by atoms with Crippen LogP contribution in [-0.4, -0.2) is 25.7 Å². The van der Waals surface area contributed by atoms with Crippen molar-refractivity contribution < 1.29 is 9.53 Å². The van der Waals surface area contributed by atoms with Gasteiger partial charge in [-0.2, -0.15) is 0 Å². The second-order valence-corrected chi connectivity index (χ2v) is 4.98. The maximum Gasteiger partial charge on any atom is 0.315 e. The highest BCUT2D eigenvalue weighted by Gasteiger charge is 2.22. The van der Waals surface area contributed by atoms with Crippen LogP contribution in [0.3, 0.4) is 0 Å². The van der Waals surface area contributed by atoms with Crippen LogP contribution < -0.4 is 15.4 Å². The van der Waals surface area contributed by atoms with Gasteiger partial charge in [0.2, 0.25) is 0 Å². The highest BCUT2D eigenvalue weighted by Crippen LogP contribution is 2.18. The number of rotatable bonds is 7. The summed E-state index contributed by atoms with van der Waals surface area (Å²) in [6.45, 7) is 0.745. The Bertz CT molecular complexity index is 399. The number of carbonyl (C=O) groups excluding carboxylic acids is 1. The van der Waals surface area contributed by atoms with E-state index in [1.807, 2.05) is 12.1 Å². The highest BCUT2D eigenvalue weighted by molar-refractivity contribution is 5.74. The largest absolute Gasteiger partial charge is 0.497 e. The van der Waals surface area contributed by atoms with Crippen molar-refractivity contribution in [2.24, 2.45) is 0 Å². The Morgan fingerprint density at radius 2 is 2.00 bits per heavy atom. The average Bonchev–Trinajstić information content (AvgIpc) is 3.23. The Balaban J connectivity index is 1.54. The van der Waals surface area contributed by atoms with Crippen LogP contribution in [0.4, 0.5) is 4.79 Å². The Morgan fingerprint density at radius 1 is 1.26 bits per heavy atom. The fraction of sp³-hybridized carbons (Fsp3) is 0.533. The Morgan fingerprint density at radius 3 is 2.63 bits per heavy atom. The van der Waals surface area contributed by atoms with Gasteiger partial charge in [0.15, 0.2) is 0 Å². The summed E-state index contributed by atoms with van der Waals surface area (Å²) < 4.78 is 5.12. The van der Waals surface area contributed by atoms with Gasteiger partial charge in [-0.15, -0.1) is 0 Å². The first-order valence-corrected chi connectivity index (χ1v) is 6.95. The highest BCUT2D eigenvalue weighted by atomic mass is 16.5. The van der Waals surface area contributed by atoms with Gasteiger partial charge in [0.1, 0.15) is 5.75 Å². The van der Waals surface area contributed by atoms with Crippen LogP contribution in [0.5, 0.6) is 5.75 Å². The molecule has 0 heterocycles. The fourth-order valence-electron chi connectivity index (χ4n) is 1.91. The number of benzene rings is 1. The smallest absolute Gasteiger partial charge is 0.315 e. The number of carbonyl (C=O) groups is 1. The molecule has 2 rings (SSSR count). The summed E-state index contributed by atoms with van der Waals surface area (Å²) >= 11 is 0. The predicted molar refractivity (Wildman–Crippen MR) is 75.5 cm³/mol. The maximum atomic E-state index is 11.4. The molecule has 4 nitrogen and oxygen atoms in total. The van der Waals surface area contributed by atoms with E-state index in [1.54, 1.807) is 7.11 Å². The number of hydrogen-bond acceptors (Lipinski definition) is 2. The van der Waals surface area contributed by atoms with E-state index < -0.39 is 0 Å². The number of hydrogen-bond donors (Lipinski definition) is 2. The third kappa shape index (κ3) is 5.20. The molecule has 1 fully saturated rings. The summed E-state index contributed by atoms with van der Waals surface area (Å²) in [5.74, 6) is 0.891. The second kappa shape index (κ2) is 7.02. The van der Waals surface area contributed by atoms with Gasteiger partial charge in [-0.25, -0.2) is 4.79 Å². The lowest BCUT2D eigenvalue weighted by Crippen LogP contribution is -2.37. The number of ether oxygens (including phenoxy) is 1. The van der Waals surface area contributed by atoms with Crippen molar-refractivity contribution >= 4 is 6.03 Å². The van der Waals surface area contributed by atoms with Crippen molar-refractivity contribution in [1.82, 2.24) is 10.6 Å². The minimum absolute atomic E-state index is 0.0213. The van der Waals surface area contributed by atoms with E-state index in [0.29, 0.717) is 6.04 Å². The monoisotopic (exact) mass is 262 g/mol. The predicted octanol–water partition coefficient (Wildman–Crippen LogP) is 2.48. The van der Waals surface area contributed by atoms with E-state index in [2.05, 4.69) is 22.8 Å². The molecule has 0 unspecified atom stereocenters. The topological polar surface area (TPSA) is 50.4 Å². The summed E-state index contributed by atoms with van der Waals surface area (Å²) in [4.78, 5) is 11.4. The molecule has 1 saturated carbocycles. The summed E-state index contributed by atoms with van der Waals surface area (Å²) in [6.07, 6.45) is 5.38. The third-order valence-corrected chi connectivity index (χ3v) is 3.25. The molecule has 0 aromatic heterocycles. The van der Waals surface area contributed by atoms with E-state index >= 15 is 0 Å². The van der Waals surface area contributed by atoms with Crippen molar-refractivity contribution in [3.05, 3.63) is 29.8 Å². The molecule has 2 N–H and O–H groups in total. The number of amides is 2. The maximum absolute atomic E-state index is 11.4. The molecule has 0 bridgehead atoms. The van der Waals surface area contributed by atoms with Crippen molar-refractivity contribution in [2.45, 2.75) is 38.1 Å². The molecule has 4 heteroatoms. The van der Waals surface area contributed by atoms with E-state index in [-0.39, 0.29) is 6.03 Å². The number of aryl methyl sites for hydroxylation is 1. The van der Waals surface area contributed by atoms with Gasteiger partial charge < -0.3 is 15.4 Å². The fourth-order valence-corrected chi connectivity index (χ4v) is 1.91. The average molecular weight is 262 g/mol. The van der Waals surface area contributed by atoms with Crippen LogP contribution in [0.1, 0.15) is 31.2 Å². The first-order chi connectivity index (χ1) is 9.28. The van der Waals surface area contributed by atoms with Gasteiger partial charge in [-0.3, -0.25) is 0 Å². The summed E-state index contributed by atoms with van der Waals surface area (Å²) in [5.41, 5.74) is 1.31. The molecule has 0 atom stereocenters. The van der Waals surface area contributed by atoms with Gasteiger partial charge >= 0.3 is 6.03 Å². The SMILES string of the molecule is COc1ccc(CCCCNC(=O)NC2CC2)cc1. The minimum atomic E-state index is -0.0213. The van der Waals surface area contributed by atoms with Crippen molar-refractivity contribution in [3.8, 4) is 5.75 Å². The van der Waals surface area contributed by atoms with Gasteiger partial charge in [-0.05, 0) is 49.8 Å². The number of urea groups is 1. The molecule has 0 radical (unpaired) electrons. The lowest BCUT2D eigenvalue weighted by molar-refractivity contribution is 0.240. The Kier molecular flexibility index (Phi) is 5.07. The van der Waals surface area contributed by atoms with Crippen LogP contribution in [-0.2, 0) is 6.42 Å². The Hall–Kier alpha value is -1.71. The molecule has 2 amide bonds. The molecule has 1 aromatic carbocycles. The molecule has 1 aliphatic rings. The molecular weight excluding hydrogens is 240 g/mol. The minimum Gasteiger partial charge on any atom is -0.497 e. The van der Waals surface area contributed by atoms with Crippen LogP contribution in [0.25, 0.3) is 0 Å². The lowest BCUT2D eigenvalue weighted by Gasteiger charge is -2.06. The van der Waals surface area contributed by atoms with Crippen LogP contribution in [0.2, 0.25) is 0 Å². The Labute approximate surface area is 114 Å². The van der Waals surface area contributed by atoms with Crippen LogP contribution in [0, 0.1) is 0 Å². The molecule has 1 aliphatic carbocycles. The molecule has 0 aliphatic heterocycles. The summed E-state index contributed by atoms with van der Waals surface area (Å²) in [7, 11) is 1.67. The molecular formula is C15H22N2O2. The van der Waals surface area contributed by atoms with Crippen molar-refractivity contribution in [1.29, 1.82) is 0 Å². The molecule has 104 valence electrons. The summed E-state index contributed by atoms with van der Waals surface area (Å²) in [6, 6.07) is 8.55. The van der Waals surface area contributed by atoms with Crippen molar-refractivity contribution in [2.75, 3.05) is 13.7 Å². The molecule has 19 heavy (non-hydrogen) atoms. The van der Waals surface area contributed by atoms with E-state index in [4.69, 9.17) is 4.74 Å². The number of methoxy groups -OCH3 is 1. The van der Waals surface area contributed by atoms with Gasteiger partial charge in [0.25, 0.3) is 0 Å². The first-order valence-electron chi connectivity index (χ1n) is 6.95. The third-order valence-electron chi connectivity index (χ3n) is 3.25. The number of nitrogens with one attached hydrogen (secondary N) is 2. The van der Waals surface area contributed by atoms with Crippen LogP contribution >= 0.6 is 0 Å².